The largest absolute Gasteiger partial charge is 0.439 e. The molecule has 0 atom stereocenters. The minimum Gasteiger partial charge on any atom is -0.439 e. The molecule has 0 amide bonds. The van der Waals surface area contributed by atoms with Crippen molar-refractivity contribution in [1.29, 1.82) is 0 Å². The van der Waals surface area contributed by atoms with Gasteiger partial charge in [0.1, 0.15) is 0 Å². The number of oxazole rings is 1. The molecule has 0 unspecified atom stereocenters. The number of benzene rings is 1. The maximum atomic E-state index is 10.8. The van der Waals surface area contributed by atoms with Gasteiger partial charge in [0.05, 0.1) is 17.7 Å². The lowest BCUT2D eigenvalue weighted by Crippen LogP contribution is -2.18. The van der Waals surface area contributed by atoms with E-state index >= 15 is 0 Å². The van der Waals surface area contributed by atoms with E-state index < -0.39 is 4.92 Å². The lowest BCUT2D eigenvalue weighted by Gasteiger charge is -2.04. The third kappa shape index (κ3) is 4.27. The molecule has 21 heavy (non-hydrogen) atoms. The minimum absolute atomic E-state index is 0.0756. The van der Waals surface area contributed by atoms with E-state index in [-0.39, 0.29) is 10.7 Å². The molecule has 0 fully saturated rings. The second-order valence-corrected chi connectivity index (χ2v) is 5.53. The number of halogens is 1. The standard InChI is InChI=1S/C14H16ClN3O3/c1-9(2)6-16-8-14-17-7-13(21-14)10-3-11(15)5-12(4-10)18(19)20/h3-5,7,9,16H,6,8H2,1-2H3. The Morgan fingerprint density at radius 3 is 2.86 bits per heavy atom. The summed E-state index contributed by atoms with van der Waals surface area (Å²) in [5.74, 6) is 1.53. The molecule has 112 valence electrons. The van der Waals surface area contributed by atoms with E-state index in [0.717, 1.165) is 6.54 Å². The van der Waals surface area contributed by atoms with Crippen LogP contribution in [0.4, 0.5) is 5.69 Å². The Morgan fingerprint density at radius 1 is 1.43 bits per heavy atom. The summed E-state index contributed by atoms with van der Waals surface area (Å²) in [4.78, 5) is 14.5. The quantitative estimate of drug-likeness (QED) is 0.650. The first-order valence-electron chi connectivity index (χ1n) is 6.56. The van der Waals surface area contributed by atoms with Gasteiger partial charge in [-0.1, -0.05) is 25.4 Å². The fourth-order valence-electron chi connectivity index (χ4n) is 1.82. The van der Waals surface area contributed by atoms with Crippen molar-refractivity contribution in [2.24, 2.45) is 5.92 Å². The SMILES string of the molecule is CC(C)CNCc1ncc(-c2cc(Cl)cc([N+](=O)[O-])c2)o1. The molecule has 2 aromatic rings. The lowest BCUT2D eigenvalue weighted by molar-refractivity contribution is -0.384. The zero-order valence-electron chi connectivity index (χ0n) is 11.8. The molecule has 0 spiro atoms. The van der Waals surface area contributed by atoms with Gasteiger partial charge in [0.15, 0.2) is 5.76 Å². The predicted molar refractivity (Wildman–Crippen MR) is 80.1 cm³/mol. The van der Waals surface area contributed by atoms with Gasteiger partial charge in [-0.25, -0.2) is 4.98 Å². The van der Waals surface area contributed by atoms with Crippen LogP contribution in [0.1, 0.15) is 19.7 Å². The molecule has 1 aromatic carbocycles. The van der Waals surface area contributed by atoms with Crippen molar-refractivity contribution in [3.05, 3.63) is 45.4 Å². The van der Waals surface area contributed by atoms with Crippen molar-refractivity contribution < 1.29 is 9.34 Å². The fourth-order valence-corrected chi connectivity index (χ4v) is 2.04. The number of nitro groups is 1. The molecule has 6 nitrogen and oxygen atoms in total. The van der Waals surface area contributed by atoms with Crippen LogP contribution in [0.25, 0.3) is 11.3 Å². The number of nitro benzene ring substituents is 1. The van der Waals surface area contributed by atoms with Gasteiger partial charge in [0.25, 0.3) is 5.69 Å². The summed E-state index contributed by atoms with van der Waals surface area (Å²) < 4.78 is 5.59. The maximum Gasteiger partial charge on any atom is 0.271 e. The van der Waals surface area contributed by atoms with Gasteiger partial charge in [-0.3, -0.25) is 10.1 Å². The topological polar surface area (TPSA) is 81.2 Å². The molecule has 0 aliphatic heterocycles. The maximum absolute atomic E-state index is 10.8. The summed E-state index contributed by atoms with van der Waals surface area (Å²) in [6.45, 7) is 5.60. The smallest absolute Gasteiger partial charge is 0.271 e. The molecule has 0 saturated heterocycles. The van der Waals surface area contributed by atoms with E-state index in [2.05, 4.69) is 24.1 Å². The average Bonchev–Trinajstić information content (AvgIpc) is 2.86. The molecule has 0 bridgehead atoms. The van der Waals surface area contributed by atoms with E-state index in [0.29, 0.717) is 29.7 Å². The van der Waals surface area contributed by atoms with E-state index in [1.54, 1.807) is 12.3 Å². The predicted octanol–water partition coefficient (Wildman–Crippen LogP) is 3.65. The van der Waals surface area contributed by atoms with Crippen LogP contribution >= 0.6 is 11.6 Å². The number of hydrogen-bond donors (Lipinski definition) is 1. The number of hydrogen-bond acceptors (Lipinski definition) is 5. The summed E-state index contributed by atoms with van der Waals surface area (Å²) in [5.41, 5.74) is 0.463. The van der Waals surface area contributed by atoms with Crippen LogP contribution in [0.15, 0.2) is 28.8 Å². The highest BCUT2D eigenvalue weighted by molar-refractivity contribution is 6.31. The highest BCUT2D eigenvalue weighted by atomic mass is 35.5. The normalized spacial score (nSPS) is 11.0. The van der Waals surface area contributed by atoms with Crippen molar-refractivity contribution in [3.63, 3.8) is 0 Å². The molecule has 0 aliphatic rings. The first-order chi connectivity index (χ1) is 9.95. The Labute approximate surface area is 127 Å². The second kappa shape index (κ2) is 6.69. The number of nitrogens with one attached hydrogen (secondary N) is 1. The summed E-state index contributed by atoms with van der Waals surface area (Å²) in [7, 11) is 0. The molecular formula is C14H16ClN3O3. The van der Waals surface area contributed by atoms with Crippen LogP contribution in [0.2, 0.25) is 5.02 Å². The summed E-state index contributed by atoms with van der Waals surface area (Å²) >= 11 is 5.89. The van der Waals surface area contributed by atoms with Crippen molar-refractivity contribution in [2.75, 3.05) is 6.54 Å². The molecule has 1 aromatic heterocycles. The van der Waals surface area contributed by atoms with Crippen LogP contribution in [-0.4, -0.2) is 16.5 Å². The third-order valence-corrected chi connectivity index (χ3v) is 2.98. The van der Waals surface area contributed by atoms with E-state index in [9.17, 15) is 10.1 Å². The van der Waals surface area contributed by atoms with Crippen LogP contribution < -0.4 is 5.32 Å². The van der Waals surface area contributed by atoms with Gasteiger partial charge in [-0.05, 0) is 18.5 Å². The van der Waals surface area contributed by atoms with Crippen molar-refractivity contribution in [1.82, 2.24) is 10.3 Å². The Balaban J connectivity index is 2.15. The van der Waals surface area contributed by atoms with Gasteiger partial charge >= 0.3 is 0 Å². The molecule has 0 saturated carbocycles. The minimum atomic E-state index is -0.489. The number of rotatable bonds is 6. The van der Waals surface area contributed by atoms with Crippen LogP contribution in [0.3, 0.4) is 0 Å². The Hall–Kier alpha value is -1.92. The number of nitrogens with zero attached hydrogens (tertiary/aromatic N) is 2. The summed E-state index contributed by atoms with van der Waals surface area (Å²) in [6, 6.07) is 4.32. The van der Waals surface area contributed by atoms with E-state index in [1.165, 1.54) is 12.1 Å². The molecule has 0 aliphatic carbocycles. The highest BCUT2D eigenvalue weighted by Crippen LogP contribution is 2.28. The third-order valence-electron chi connectivity index (χ3n) is 2.76. The number of non-ortho nitro benzene ring substituents is 1. The van der Waals surface area contributed by atoms with Gasteiger partial charge in [0, 0.05) is 22.7 Å². The Morgan fingerprint density at radius 2 is 2.19 bits per heavy atom. The highest BCUT2D eigenvalue weighted by Gasteiger charge is 2.13. The molecule has 7 heteroatoms. The molecular weight excluding hydrogens is 294 g/mol. The zero-order chi connectivity index (χ0) is 15.4. The monoisotopic (exact) mass is 309 g/mol. The molecule has 2 rings (SSSR count). The summed E-state index contributed by atoms with van der Waals surface area (Å²) in [5, 5.41) is 14.3. The lowest BCUT2D eigenvalue weighted by atomic mass is 10.1. The van der Waals surface area contributed by atoms with E-state index in [1.807, 2.05) is 0 Å². The van der Waals surface area contributed by atoms with Crippen LogP contribution in [-0.2, 0) is 6.54 Å². The van der Waals surface area contributed by atoms with Crippen LogP contribution in [0.5, 0.6) is 0 Å². The molecule has 0 radical (unpaired) electrons. The Kier molecular flexibility index (Phi) is 4.93. The van der Waals surface area contributed by atoms with Crippen molar-refractivity contribution in [2.45, 2.75) is 20.4 Å². The van der Waals surface area contributed by atoms with Crippen LogP contribution in [0, 0.1) is 16.0 Å². The van der Waals surface area contributed by atoms with Gasteiger partial charge in [-0.2, -0.15) is 0 Å². The average molecular weight is 310 g/mol. The van der Waals surface area contributed by atoms with Crippen molar-refractivity contribution >= 4 is 17.3 Å². The number of aromatic nitrogens is 1. The van der Waals surface area contributed by atoms with E-state index in [4.69, 9.17) is 16.0 Å². The van der Waals surface area contributed by atoms with Crippen molar-refractivity contribution in [3.8, 4) is 11.3 Å². The fraction of sp³-hybridized carbons (Fsp3) is 0.357. The first-order valence-corrected chi connectivity index (χ1v) is 6.94. The van der Waals surface area contributed by atoms with Gasteiger partial charge in [-0.15, -0.1) is 0 Å². The first kappa shape index (κ1) is 15.5. The van der Waals surface area contributed by atoms with Gasteiger partial charge < -0.3 is 9.73 Å². The molecule has 1 heterocycles. The molecule has 1 N–H and O–H groups in total. The zero-order valence-corrected chi connectivity index (χ0v) is 12.6. The van der Waals surface area contributed by atoms with Gasteiger partial charge in [0.2, 0.25) is 5.89 Å². The summed E-state index contributed by atoms with van der Waals surface area (Å²) in [6.07, 6.45) is 1.54. The second-order valence-electron chi connectivity index (χ2n) is 5.10. The Bertz CT molecular complexity index is 640.